The second kappa shape index (κ2) is 8.73. The molecule has 0 aromatic heterocycles. The van der Waals surface area contributed by atoms with Crippen LogP contribution >= 0.6 is 0 Å². The smallest absolute Gasteiger partial charge is 0.156 e. The van der Waals surface area contributed by atoms with Crippen LogP contribution in [0.15, 0.2) is 72.8 Å². The lowest BCUT2D eigenvalue weighted by Crippen LogP contribution is -2.21. The van der Waals surface area contributed by atoms with Crippen LogP contribution in [0.4, 0.5) is 11.4 Å². The molecule has 0 saturated heterocycles. The lowest BCUT2D eigenvalue weighted by Gasteiger charge is -2.10. The highest BCUT2D eigenvalue weighted by molar-refractivity contribution is 7.91. The molecule has 160 valence electrons. The highest BCUT2D eigenvalue weighted by Crippen LogP contribution is 2.24. The number of sulfone groups is 1. The fraction of sp³-hybridized carbons (Fsp3) is 0.167. The molecule has 4 N–H and O–H groups in total. The Bertz CT molecular complexity index is 1240. The molecule has 0 aliphatic rings. The number of benzene rings is 4. The number of nitrogen functional groups attached to an aromatic ring is 2. The third kappa shape index (κ3) is 5.38. The molecule has 0 aliphatic heterocycles. The molecule has 0 unspecified atom stereocenters. The molecule has 4 rings (SSSR count). The summed E-state index contributed by atoms with van der Waals surface area (Å²) in [7, 11) is -3.30. The van der Waals surface area contributed by atoms with Crippen LogP contribution < -0.4 is 20.9 Å². The largest absolute Gasteiger partial charge is 0.493 e. The number of ether oxygens (including phenoxy) is 2. The van der Waals surface area contributed by atoms with Gasteiger partial charge in [0.15, 0.2) is 9.84 Å². The van der Waals surface area contributed by atoms with Crippen molar-refractivity contribution >= 4 is 42.8 Å². The lowest BCUT2D eigenvalue weighted by atomic mass is 10.1. The number of hydrogen-bond acceptors (Lipinski definition) is 6. The van der Waals surface area contributed by atoms with E-state index >= 15 is 0 Å². The van der Waals surface area contributed by atoms with Gasteiger partial charge in [-0.1, -0.05) is 24.3 Å². The fourth-order valence-corrected chi connectivity index (χ4v) is 4.22. The van der Waals surface area contributed by atoms with Crippen molar-refractivity contribution in [2.24, 2.45) is 0 Å². The van der Waals surface area contributed by atoms with E-state index in [4.69, 9.17) is 20.9 Å². The van der Waals surface area contributed by atoms with Crippen molar-refractivity contribution in [2.75, 3.05) is 36.2 Å². The summed E-state index contributed by atoms with van der Waals surface area (Å²) < 4.78 is 35.9. The number of fused-ring (bicyclic) bond motifs is 2. The van der Waals surface area contributed by atoms with Crippen LogP contribution in [0, 0.1) is 0 Å². The monoisotopic (exact) mass is 436 g/mol. The summed E-state index contributed by atoms with van der Waals surface area (Å²) in [6, 6.07) is 22.4. The van der Waals surface area contributed by atoms with Gasteiger partial charge in [0, 0.05) is 11.4 Å². The molecular formula is C24H24N2O4S. The first-order valence-corrected chi connectivity index (χ1v) is 11.7. The van der Waals surface area contributed by atoms with Crippen molar-refractivity contribution in [1.82, 2.24) is 0 Å². The van der Waals surface area contributed by atoms with E-state index in [1.165, 1.54) is 0 Å². The van der Waals surface area contributed by atoms with Gasteiger partial charge in [-0.3, -0.25) is 0 Å². The zero-order chi connectivity index (χ0) is 21.8. The maximum atomic E-state index is 12.3. The SMILES string of the molecule is Nc1ccc2cc(OCCS(=O)(=O)CCOc3ccc4cc(N)ccc4c3)ccc2c1. The predicted octanol–water partition coefficient (Wildman–Crippen LogP) is 4.03. The molecule has 0 spiro atoms. The van der Waals surface area contributed by atoms with Gasteiger partial charge in [-0.15, -0.1) is 0 Å². The molecule has 0 bridgehead atoms. The molecule has 0 heterocycles. The molecule has 7 heteroatoms. The van der Waals surface area contributed by atoms with Crippen molar-refractivity contribution < 1.29 is 17.9 Å². The Morgan fingerprint density at radius 3 is 1.42 bits per heavy atom. The number of rotatable bonds is 8. The van der Waals surface area contributed by atoms with E-state index in [0.29, 0.717) is 22.9 Å². The minimum absolute atomic E-state index is 0.0763. The van der Waals surface area contributed by atoms with E-state index in [1.807, 2.05) is 72.8 Å². The van der Waals surface area contributed by atoms with E-state index in [2.05, 4.69) is 0 Å². The number of anilines is 2. The van der Waals surface area contributed by atoms with Crippen LogP contribution in [0.1, 0.15) is 0 Å². The van der Waals surface area contributed by atoms with E-state index < -0.39 is 9.84 Å². The highest BCUT2D eigenvalue weighted by atomic mass is 32.2. The van der Waals surface area contributed by atoms with Gasteiger partial charge in [-0.05, 0) is 70.1 Å². The third-order valence-electron chi connectivity index (χ3n) is 5.00. The molecule has 4 aromatic carbocycles. The van der Waals surface area contributed by atoms with Crippen LogP contribution in [0.25, 0.3) is 21.5 Å². The number of hydrogen-bond donors (Lipinski definition) is 2. The molecular weight excluding hydrogens is 412 g/mol. The molecule has 0 radical (unpaired) electrons. The van der Waals surface area contributed by atoms with Gasteiger partial charge in [-0.2, -0.15) is 0 Å². The van der Waals surface area contributed by atoms with Gasteiger partial charge in [0.1, 0.15) is 24.7 Å². The topological polar surface area (TPSA) is 105 Å². The van der Waals surface area contributed by atoms with E-state index in [-0.39, 0.29) is 24.7 Å². The molecule has 0 atom stereocenters. The van der Waals surface area contributed by atoms with Crippen molar-refractivity contribution in [1.29, 1.82) is 0 Å². The summed E-state index contributed by atoms with van der Waals surface area (Å²) in [4.78, 5) is 0. The molecule has 0 aliphatic carbocycles. The van der Waals surface area contributed by atoms with Crippen molar-refractivity contribution in [3.63, 3.8) is 0 Å². The lowest BCUT2D eigenvalue weighted by molar-refractivity contribution is 0.334. The third-order valence-corrected chi connectivity index (χ3v) is 6.58. The van der Waals surface area contributed by atoms with Gasteiger partial charge in [0.2, 0.25) is 0 Å². The Morgan fingerprint density at radius 2 is 0.968 bits per heavy atom. The number of nitrogens with two attached hydrogens (primary N) is 2. The van der Waals surface area contributed by atoms with Gasteiger partial charge in [-0.25, -0.2) is 8.42 Å². The average Bonchev–Trinajstić information content (AvgIpc) is 2.73. The zero-order valence-corrected chi connectivity index (χ0v) is 17.8. The standard InChI is InChI=1S/C24H24N2O4S/c25-21-5-1-19-15-23(7-3-17(19)13-21)29-9-11-31(27,28)12-10-30-24-8-4-18-14-22(26)6-2-20(18)16-24/h1-8,13-16H,9-12,25-26H2. The second-order valence-electron chi connectivity index (χ2n) is 7.39. The molecule has 0 amide bonds. The summed E-state index contributed by atoms with van der Waals surface area (Å²) in [5, 5.41) is 3.99. The van der Waals surface area contributed by atoms with Crippen LogP contribution in [0.5, 0.6) is 11.5 Å². The van der Waals surface area contributed by atoms with Gasteiger partial charge in [0.05, 0.1) is 11.5 Å². The van der Waals surface area contributed by atoms with E-state index in [9.17, 15) is 8.42 Å². The van der Waals surface area contributed by atoms with Gasteiger partial charge in [0.25, 0.3) is 0 Å². The molecule has 0 fully saturated rings. The Morgan fingerprint density at radius 1 is 0.581 bits per heavy atom. The normalized spacial score (nSPS) is 11.6. The maximum Gasteiger partial charge on any atom is 0.156 e. The molecule has 31 heavy (non-hydrogen) atoms. The Balaban J connectivity index is 1.27. The minimum Gasteiger partial charge on any atom is -0.493 e. The average molecular weight is 437 g/mol. The zero-order valence-electron chi connectivity index (χ0n) is 17.0. The van der Waals surface area contributed by atoms with Gasteiger partial charge >= 0.3 is 0 Å². The van der Waals surface area contributed by atoms with E-state index in [0.717, 1.165) is 21.5 Å². The summed E-state index contributed by atoms with van der Waals surface area (Å²) in [5.74, 6) is 1.10. The van der Waals surface area contributed by atoms with Crippen LogP contribution in [-0.4, -0.2) is 33.1 Å². The van der Waals surface area contributed by atoms with Crippen molar-refractivity contribution in [3.8, 4) is 11.5 Å². The first kappa shape index (κ1) is 20.8. The van der Waals surface area contributed by atoms with Crippen molar-refractivity contribution in [2.45, 2.75) is 0 Å². The summed E-state index contributed by atoms with van der Waals surface area (Å²) >= 11 is 0. The van der Waals surface area contributed by atoms with Gasteiger partial charge < -0.3 is 20.9 Å². The van der Waals surface area contributed by atoms with Crippen LogP contribution in [-0.2, 0) is 9.84 Å². The molecule has 0 saturated carbocycles. The van der Waals surface area contributed by atoms with E-state index in [1.54, 1.807) is 0 Å². The molecule has 4 aromatic rings. The summed E-state index contributed by atoms with van der Waals surface area (Å²) in [6.45, 7) is 0.167. The van der Waals surface area contributed by atoms with Crippen LogP contribution in [0.3, 0.4) is 0 Å². The quantitative estimate of drug-likeness (QED) is 0.404. The fourth-order valence-electron chi connectivity index (χ4n) is 3.34. The van der Waals surface area contributed by atoms with Crippen LogP contribution in [0.2, 0.25) is 0 Å². The van der Waals surface area contributed by atoms with Crippen molar-refractivity contribution in [3.05, 3.63) is 72.8 Å². The Hall–Kier alpha value is -3.45. The predicted molar refractivity (Wildman–Crippen MR) is 126 cm³/mol. The maximum absolute atomic E-state index is 12.3. The highest BCUT2D eigenvalue weighted by Gasteiger charge is 2.12. The molecule has 6 nitrogen and oxygen atoms in total. The Labute approximate surface area is 181 Å². The summed E-state index contributed by atoms with van der Waals surface area (Å²) in [6.07, 6.45) is 0. The minimum atomic E-state index is -3.30. The Kier molecular flexibility index (Phi) is 5.86. The second-order valence-corrected chi connectivity index (χ2v) is 9.69. The first-order valence-electron chi connectivity index (χ1n) is 9.93. The summed E-state index contributed by atoms with van der Waals surface area (Å²) in [5.41, 5.74) is 13.0. The first-order chi connectivity index (χ1) is 14.9.